The zero-order valence-corrected chi connectivity index (χ0v) is 22.7. The van der Waals surface area contributed by atoms with Gasteiger partial charge in [-0.2, -0.15) is 0 Å². The second-order valence-electron chi connectivity index (χ2n) is 8.86. The van der Waals surface area contributed by atoms with Crippen LogP contribution in [0.2, 0.25) is 0 Å². The summed E-state index contributed by atoms with van der Waals surface area (Å²) in [4.78, 5) is 54.8. The first-order valence-electron chi connectivity index (χ1n) is 12.9. The van der Waals surface area contributed by atoms with Gasteiger partial charge >= 0.3 is 17.9 Å². The molecular weight excluding hydrogens is 506 g/mol. The molecule has 3 rings (SSSR count). The Morgan fingerprint density at radius 3 is 1.97 bits per heavy atom. The van der Waals surface area contributed by atoms with Crippen molar-refractivity contribution in [3.05, 3.63) is 65.7 Å². The topological polar surface area (TPSA) is 118 Å². The fourth-order valence-corrected chi connectivity index (χ4v) is 4.67. The third-order valence-electron chi connectivity index (χ3n) is 6.50. The fourth-order valence-electron chi connectivity index (χ4n) is 4.67. The maximum atomic E-state index is 13.7. The number of amides is 1. The molecule has 1 fully saturated rings. The average Bonchev–Trinajstić information content (AvgIpc) is 2.94. The van der Waals surface area contributed by atoms with E-state index in [1.54, 1.807) is 52.1 Å². The summed E-state index contributed by atoms with van der Waals surface area (Å²) >= 11 is 0. The summed E-state index contributed by atoms with van der Waals surface area (Å²) < 4.78 is 26.9. The number of rotatable bonds is 14. The summed E-state index contributed by atoms with van der Waals surface area (Å²) in [6.45, 7) is 4.58. The third kappa shape index (κ3) is 6.39. The zero-order chi connectivity index (χ0) is 28.4. The highest BCUT2D eigenvalue weighted by atomic mass is 16.6. The molecule has 0 aliphatic carbocycles. The highest BCUT2D eigenvalue weighted by molar-refractivity contribution is 6.08. The second-order valence-corrected chi connectivity index (χ2v) is 8.86. The van der Waals surface area contributed by atoms with E-state index in [-0.39, 0.29) is 39.6 Å². The number of β-lactam (4-membered cyclic amide) rings is 1. The van der Waals surface area contributed by atoms with E-state index in [4.69, 9.17) is 23.7 Å². The molecule has 0 saturated carbocycles. The maximum absolute atomic E-state index is 13.7. The van der Waals surface area contributed by atoms with Gasteiger partial charge in [0.2, 0.25) is 5.91 Å². The van der Waals surface area contributed by atoms with Gasteiger partial charge in [-0.05, 0) is 44.0 Å². The second kappa shape index (κ2) is 13.7. The van der Waals surface area contributed by atoms with E-state index in [1.807, 2.05) is 30.3 Å². The van der Waals surface area contributed by atoms with E-state index in [1.165, 1.54) is 4.90 Å². The van der Waals surface area contributed by atoms with Gasteiger partial charge in [-0.3, -0.25) is 14.4 Å². The van der Waals surface area contributed by atoms with Crippen LogP contribution in [0, 0.1) is 11.8 Å². The van der Waals surface area contributed by atoms with E-state index in [9.17, 15) is 19.2 Å². The molecule has 1 aliphatic heterocycles. The van der Waals surface area contributed by atoms with Crippen LogP contribution in [-0.4, -0.2) is 67.8 Å². The first kappa shape index (κ1) is 29.6. The Morgan fingerprint density at radius 2 is 1.44 bits per heavy atom. The molecular formula is C29H35NO9. The summed E-state index contributed by atoms with van der Waals surface area (Å²) in [7, 11) is 1.54. The molecule has 39 heavy (non-hydrogen) atoms. The van der Waals surface area contributed by atoms with Crippen molar-refractivity contribution in [3.8, 4) is 5.75 Å². The van der Waals surface area contributed by atoms with Crippen LogP contribution in [-0.2, 0) is 51.3 Å². The van der Waals surface area contributed by atoms with Crippen LogP contribution in [0.25, 0.3) is 0 Å². The minimum atomic E-state index is -1.79. The van der Waals surface area contributed by atoms with Crippen LogP contribution in [0.15, 0.2) is 54.6 Å². The summed E-state index contributed by atoms with van der Waals surface area (Å²) in [5.74, 6) is -5.76. The van der Waals surface area contributed by atoms with Crippen LogP contribution in [0.1, 0.15) is 31.9 Å². The van der Waals surface area contributed by atoms with Crippen LogP contribution >= 0.6 is 0 Å². The first-order chi connectivity index (χ1) is 18.8. The molecule has 210 valence electrons. The van der Waals surface area contributed by atoms with Gasteiger partial charge < -0.3 is 28.6 Å². The first-order valence-corrected chi connectivity index (χ1v) is 12.9. The standard InChI is InChI=1S/C29H35NO9/c1-5-37-26(32)23(27(33)38-6-2)24-25(31)30(17-20-13-15-22(35-4)16-14-20)29(24,28(34)39-7-3)19-36-18-21-11-9-8-10-12-21/h8-16,23-24H,5-7,17-19H2,1-4H3/t24?,29-/m0/s1. The Labute approximate surface area is 228 Å². The molecule has 0 spiro atoms. The molecule has 1 unspecified atom stereocenters. The van der Waals surface area contributed by atoms with Crippen molar-refractivity contribution in [2.24, 2.45) is 11.8 Å². The molecule has 1 heterocycles. The Bertz CT molecular complexity index is 1120. The summed E-state index contributed by atoms with van der Waals surface area (Å²) in [6.07, 6.45) is 0. The SMILES string of the molecule is CCOC(=O)C(C(=O)OCC)C1C(=O)N(Cc2ccc(OC)cc2)[C@]1(COCc1ccccc1)C(=O)OCC. The number of methoxy groups -OCH3 is 1. The number of carbonyl (C=O) groups excluding carboxylic acids is 4. The van der Waals surface area contributed by atoms with E-state index < -0.39 is 41.2 Å². The summed E-state index contributed by atoms with van der Waals surface area (Å²) in [5.41, 5.74) is -0.248. The molecule has 0 bridgehead atoms. The lowest BCUT2D eigenvalue weighted by atomic mass is 9.66. The fraction of sp³-hybridized carbons (Fsp3) is 0.448. The van der Waals surface area contributed by atoms with Crippen LogP contribution < -0.4 is 4.74 Å². The van der Waals surface area contributed by atoms with E-state index in [2.05, 4.69) is 0 Å². The molecule has 2 aromatic carbocycles. The third-order valence-corrected chi connectivity index (χ3v) is 6.50. The number of ether oxygens (including phenoxy) is 5. The van der Waals surface area contributed by atoms with E-state index in [0.717, 1.165) is 5.56 Å². The lowest BCUT2D eigenvalue weighted by Crippen LogP contribution is -2.79. The Morgan fingerprint density at radius 1 is 0.846 bits per heavy atom. The lowest BCUT2D eigenvalue weighted by molar-refractivity contribution is -0.212. The number of likely N-dealkylation sites (tertiary alicyclic amines) is 1. The van der Waals surface area contributed by atoms with Crippen LogP contribution in [0.5, 0.6) is 5.75 Å². The number of hydrogen-bond acceptors (Lipinski definition) is 9. The molecule has 0 N–H and O–H groups in total. The van der Waals surface area contributed by atoms with Gasteiger partial charge in [-0.1, -0.05) is 42.5 Å². The number of nitrogens with zero attached hydrogens (tertiary/aromatic N) is 1. The van der Waals surface area contributed by atoms with Gasteiger partial charge in [-0.25, -0.2) is 4.79 Å². The van der Waals surface area contributed by atoms with Crippen molar-refractivity contribution in [2.45, 2.75) is 39.5 Å². The highest BCUT2D eigenvalue weighted by Gasteiger charge is 2.71. The van der Waals surface area contributed by atoms with Gasteiger partial charge in [0.05, 0.1) is 46.1 Å². The van der Waals surface area contributed by atoms with Crippen molar-refractivity contribution in [1.82, 2.24) is 4.90 Å². The predicted molar refractivity (Wildman–Crippen MR) is 139 cm³/mol. The highest BCUT2D eigenvalue weighted by Crippen LogP contribution is 2.46. The van der Waals surface area contributed by atoms with Gasteiger partial charge in [-0.15, -0.1) is 0 Å². The minimum Gasteiger partial charge on any atom is -0.497 e. The van der Waals surface area contributed by atoms with Crippen LogP contribution in [0.3, 0.4) is 0 Å². The molecule has 1 saturated heterocycles. The number of carbonyl (C=O) groups is 4. The van der Waals surface area contributed by atoms with Crippen molar-refractivity contribution >= 4 is 23.8 Å². The lowest BCUT2D eigenvalue weighted by Gasteiger charge is -2.56. The molecule has 1 amide bonds. The number of esters is 3. The maximum Gasteiger partial charge on any atom is 0.335 e. The van der Waals surface area contributed by atoms with Gasteiger partial charge in [0.15, 0.2) is 11.5 Å². The zero-order valence-electron chi connectivity index (χ0n) is 22.7. The van der Waals surface area contributed by atoms with Gasteiger partial charge in [0.25, 0.3) is 0 Å². The minimum absolute atomic E-state index is 0.00517. The Kier molecular flexibility index (Phi) is 10.4. The largest absolute Gasteiger partial charge is 0.497 e. The van der Waals surface area contributed by atoms with E-state index in [0.29, 0.717) is 11.3 Å². The van der Waals surface area contributed by atoms with Gasteiger partial charge in [0, 0.05) is 6.54 Å². The van der Waals surface area contributed by atoms with Crippen LogP contribution in [0.4, 0.5) is 0 Å². The molecule has 1 aliphatic rings. The number of benzene rings is 2. The molecule has 2 aromatic rings. The normalized spacial score (nSPS) is 18.3. The molecule has 10 nitrogen and oxygen atoms in total. The Balaban J connectivity index is 2.06. The monoisotopic (exact) mass is 541 g/mol. The molecule has 2 atom stereocenters. The number of hydrogen-bond donors (Lipinski definition) is 0. The van der Waals surface area contributed by atoms with Crippen molar-refractivity contribution < 1.29 is 42.9 Å². The predicted octanol–water partition coefficient (Wildman–Crippen LogP) is 2.91. The Hall–Kier alpha value is -3.92. The molecule has 10 heteroatoms. The molecule has 0 radical (unpaired) electrons. The van der Waals surface area contributed by atoms with Crippen molar-refractivity contribution in [1.29, 1.82) is 0 Å². The van der Waals surface area contributed by atoms with E-state index >= 15 is 0 Å². The summed E-state index contributed by atoms with van der Waals surface area (Å²) in [5, 5.41) is 0. The van der Waals surface area contributed by atoms with Crippen molar-refractivity contribution in [2.75, 3.05) is 33.5 Å². The summed E-state index contributed by atoms with van der Waals surface area (Å²) in [6, 6.07) is 16.3. The average molecular weight is 542 g/mol. The van der Waals surface area contributed by atoms with Gasteiger partial charge in [0.1, 0.15) is 5.75 Å². The van der Waals surface area contributed by atoms with Crippen molar-refractivity contribution in [3.63, 3.8) is 0 Å². The molecule has 0 aromatic heterocycles. The quantitative estimate of drug-likeness (QED) is 0.154. The smallest absolute Gasteiger partial charge is 0.335 e.